The number of carboxylic acid groups (broad SMARTS) is 1. The van der Waals surface area contributed by atoms with E-state index in [0.29, 0.717) is 26.4 Å². The topological polar surface area (TPSA) is 107 Å². The molecule has 0 aliphatic carbocycles. The van der Waals surface area contributed by atoms with Crippen molar-refractivity contribution < 1.29 is 24.2 Å². The zero-order valence-electron chi connectivity index (χ0n) is 25.6. The highest BCUT2D eigenvalue weighted by Gasteiger charge is 2.35. The number of carboxylic acids is 1. The van der Waals surface area contributed by atoms with Gasteiger partial charge in [0, 0.05) is 10.5 Å². The number of benzene rings is 4. The Hall–Kier alpha value is -5.19. The Labute approximate surface area is 279 Å². The van der Waals surface area contributed by atoms with E-state index < -0.39 is 18.0 Å². The number of aromatic carboxylic acids is 1. The molecule has 0 saturated carbocycles. The number of ether oxygens (including phenoxy) is 2. The molecule has 1 N–H and O–H groups in total. The Morgan fingerprint density at radius 1 is 0.957 bits per heavy atom. The first kappa shape index (κ1) is 31.8. The standard InChI is InChI=1S/C37H30N2O6S2/c1-3-44-36(43)31-32(25-7-5-4-6-8-25)38-37-39(33(31)26-15-19-29(46-2)20-16-26)34(40)30(47-37)21-23-11-17-28(18-12-23)45-22-24-9-13-27(14-10-24)35(41)42/h4-21,33H,3,22H2,1-2H3,(H,41,42)/b30-21+/t33-/m1/s1. The lowest BCUT2D eigenvalue weighted by atomic mass is 9.93. The van der Waals surface area contributed by atoms with Gasteiger partial charge in [-0.05, 0) is 72.3 Å². The molecular formula is C37H30N2O6S2. The van der Waals surface area contributed by atoms with Gasteiger partial charge in [0.05, 0.1) is 34.0 Å². The van der Waals surface area contributed by atoms with Gasteiger partial charge in [-0.3, -0.25) is 9.36 Å². The van der Waals surface area contributed by atoms with Crippen LogP contribution in [0.5, 0.6) is 5.75 Å². The normalized spacial score (nSPS) is 14.3. The van der Waals surface area contributed by atoms with Crippen LogP contribution < -0.4 is 19.6 Å². The molecule has 0 bridgehead atoms. The van der Waals surface area contributed by atoms with E-state index in [-0.39, 0.29) is 24.3 Å². The number of hydrogen-bond acceptors (Lipinski definition) is 8. The molecule has 236 valence electrons. The number of thioether (sulfide) groups is 1. The summed E-state index contributed by atoms with van der Waals surface area (Å²) in [6.45, 7) is 2.22. The van der Waals surface area contributed by atoms with E-state index in [0.717, 1.165) is 27.1 Å². The number of carbonyl (C=O) groups excluding carboxylic acids is 1. The molecule has 1 aromatic heterocycles. The van der Waals surface area contributed by atoms with Gasteiger partial charge in [-0.1, -0.05) is 78.1 Å². The zero-order chi connectivity index (χ0) is 32.9. The molecule has 0 saturated heterocycles. The van der Waals surface area contributed by atoms with Crippen LogP contribution in [0.3, 0.4) is 0 Å². The Morgan fingerprint density at radius 2 is 1.66 bits per heavy atom. The van der Waals surface area contributed by atoms with E-state index in [1.54, 1.807) is 47.5 Å². The van der Waals surface area contributed by atoms with Crippen LogP contribution in [0.25, 0.3) is 11.8 Å². The number of thiazole rings is 1. The number of rotatable bonds is 10. The second-order valence-electron chi connectivity index (χ2n) is 10.6. The number of hydrogen-bond donors (Lipinski definition) is 1. The van der Waals surface area contributed by atoms with Gasteiger partial charge >= 0.3 is 11.9 Å². The summed E-state index contributed by atoms with van der Waals surface area (Å²) in [7, 11) is 0. The van der Waals surface area contributed by atoms with Crippen LogP contribution in [0, 0.1) is 0 Å². The maximum absolute atomic E-state index is 14.1. The molecule has 1 atom stereocenters. The summed E-state index contributed by atoms with van der Waals surface area (Å²) in [5.41, 5.74) is 3.93. The Kier molecular flexibility index (Phi) is 9.51. The SMILES string of the molecule is CCOC(=O)C1=C(c2ccccc2)N=c2s/c(=C/c3ccc(OCc4ccc(C(=O)O)cc4)cc3)c(=O)n2[C@@H]1c1ccc(SC)cc1. The fraction of sp³-hybridized carbons (Fsp3) is 0.135. The molecule has 10 heteroatoms. The van der Waals surface area contributed by atoms with Crippen molar-refractivity contribution >= 4 is 46.8 Å². The molecule has 2 heterocycles. The van der Waals surface area contributed by atoms with Gasteiger partial charge in [0.15, 0.2) is 4.80 Å². The number of carbonyl (C=O) groups is 2. The van der Waals surface area contributed by atoms with Crippen LogP contribution >= 0.6 is 23.1 Å². The summed E-state index contributed by atoms with van der Waals surface area (Å²) in [6.07, 6.45) is 3.80. The highest BCUT2D eigenvalue weighted by molar-refractivity contribution is 7.98. The predicted molar refractivity (Wildman–Crippen MR) is 183 cm³/mol. The van der Waals surface area contributed by atoms with Crippen LogP contribution in [-0.2, 0) is 16.1 Å². The van der Waals surface area contributed by atoms with Crippen LogP contribution in [0.1, 0.15) is 45.6 Å². The minimum absolute atomic E-state index is 0.184. The van der Waals surface area contributed by atoms with Crippen LogP contribution in [0.2, 0.25) is 0 Å². The van der Waals surface area contributed by atoms with Gasteiger partial charge < -0.3 is 14.6 Å². The molecule has 47 heavy (non-hydrogen) atoms. The third kappa shape index (κ3) is 6.84. The molecular weight excluding hydrogens is 633 g/mol. The van der Waals surface area contributed by atoms with Crippen molar-refractivity contribution in [1.82, 2.24) is 4.57 Å². The molecule has 6 rings (SSSR count). The second-order valence-corrected chi connectivity index (χ2v) is 12.5. The smallest absolute Gasteiger partial charge is 0.338 e. The fourth-order valence-electron chi connectivity index (χ4n) is 5.26. The van der Waals surface area contributed by atoms with E-state index >= 15 is 0 Å². The van der Waals surface area contributed by atoms with Gasteiger partial charge in [-0.15, -0.1) is 11.8 Å². The number of aromatic nitrogens is 1. The Morgan fingerprint density at radius 3 is 2.30 bits per heavy atom. The van der Waals surface area contributed by atoms with Crippen molar-refractivity contribution in [3.63, 3.8) is 0 Å². The van der Waals surface area contributed by atoms with Gasteiger partial charge in [0.25, 0.3) is 5.56 Å². The number of esters is 1. The third-order valence-electron chi connectivity index (χ3n) is 7.59. The average molecular weight is 663 g/mol. The Balaban J connectivity index is 1.39. The summed E-state index contributed by atoms with van der Waals surface area (Å²) >= 11 is 2.88. The van der Waals surface area contributed by atoms with Crippen LogP contribution in [0.4, 0.5) is 0 Å². The maximum atomic E-state index is 14.1. The molecule has 0 amide bonds. The largest absolute Gasteiger partial charge is 0.489 e. The highest BCUT2D eigenvalue weighted by Crippen LogP contribution is 2.35. The van der Waals surface area contributed by atoms with Crippen molar-refractivity contribution in [2.75, 3.05) is 12.9 Å². The summed E-state index contributed by atoms with van der Waals surface area (Å²) in [5.74, 6) is -0.861. The molecule has 0 spiro atoms. The molecule has 1 aliphatic rings. The highest BCUT2D eigenvalue weighted by atomic mass is 32.2. The van der Waals surface area contributed by atoms with Crippen molar-refractivity contribution in [1.29, 1.82) is 0 Å². The molecule has 1 aliphatic heterocycles. The van der Waals surface area contributed by atoms with E-state index in [2.05, 4.69) is 0 Å². The molecule has 4 aromatic carbocycles. The van der Waals surface area contributed by atoms with Crippen molar-refractivity contribution in [3.05, 3.63) is 156 Å². The van der Waals surface area contributed by atoms with Gasteiger partial charge in [0.2, 0.25) is 0 Å². The summed E-state index contributed by atoms with van der Waals surface area (Å²) in [5, 5.41) is 9.09. The van der Waals surface area contributed by atoms with Crippen molar-refractivity contribution in [2.24, 2.45) is 4.99 Å². The quantitative estimate of drug-likeness (QED) is 0.146. The summed E-state index contributed by atoms with van der Waals surface area (Å²) < 4.78 is 13.5. The van der Waals surface area contributed by atoms with Gasteiger partial charge in [-0.25, -0.2) is 14.6 Å². The maximum Gasteiger partial charge on any atom is 0.338 e. The van der Waals surface area contributed by atoms with Crippen molar-refractivity contribution in [3.8, 4) is 5.75 Å². The minimum Gasteiger partial charge on any atom is -0.489 e. The first-order chi connectivity index (χ1) is 22.9. The molecule has 8 nitrogen and oxygen atoms in total. The minimum atomic E-state index is -0.975. The lowest BCUT2D eigenvalue weighted by Crippen LogP contribution is -2.40. The average Bonchev–Trinajstić information content (AvgIpc) is 3.41. The van der Waals surface area contributed by atoms with Crippen molar-refractivity contribution in [2.45, 2.75) is 24.5 Å². The monoisotopic (exact) mass is 662 g/mol. The van der Waals surface area contributed by atoms with Gasteiger partial charge in [-0.2, -0.15) is 0 Å². The van der Waals surface area contributed by atoms with E-state index in [1.165, 1.54) is 11.3 Å². The molecule has 5 aromatic rings. The summed E-state index contributed by atoms with van der Waals surface area (Å²) in [6, 6.07) is 30.5. The predicted octanol–water partition coefficient (Wildman–Crippen LogP) is 5.93. The lowest BCUT2D eigenvalue weighted by molar-refractivity contribution is -0.138. The fourth-order valence-corrected chi connectivity index (χ4v) is 6.67. The molecule has 0 radical (unpaired) electrons. The van der Waals surface area contributed by atoms with Gasteiger partial charge in [0.1, 0.15) is 12.4 Å². The first-order valence-corrected chi connectivity index (χ1v) is 16.9. The molecule has 0 unspecified atom stereocenters. The van der Waals surface area contributed by atoms with Crippen LogP contribution in [-0.4, -0.2) is 34.5 Å². The zero-order valence-corrected chi connectivity index (χ0v) is 27.2. The van der Waals surface area contributed by atoms with Crippen LogP contribution in [0.15, 0.2) is 123 Å². The number of nitrogens with zero attached hydrogens (tertiary/aromatic N) is 2. The van der Waals surface area contributed by atoms with E-state index in [9.17, 15) is 14.4 Å². The number of fused-ring (bicyclic) bond motifs is 1. The second kappa shape index (κ2) is 14.1. The van der Waals surface area contributed by atoms with E-state index in [4.69, 9.17) is 19.6 Å². The summed E-state index contributed by atoms with van der Waals surface area (Å²) in [4.78, 5) is 45.3. The lowest BCUT2D eigenvalue weighted by Gasteiger charge is -2.26. The van der Waals surface area contributed by atoms with E-state index in [1.807, 2.05) is 91.2 Å². The first-order valence-electron chi connectivity index (χ1n) is 14.8. The molecule has 0 fully saturated rings. The Bertz CT molecular complexity index is 2130. The third-order valence-corrected chi connectivity index (χ3v) is 9.32.